The Bertz CT molecular complexity index is 685. The summed E-state index contributed by atoms with van der Waals surface area (Å²) in [6.07, 6.45) is -1.79. The zero-order chi connectivity index (χ0) is 18.7. The molecule has 16 heavy (non-hydrogen) atoms. The largest absolute Gasteiger partial charge is 0.465 e. The van der Waals surface area contributed by atoms with Crippen LogP contribution in [0.5, 0.6) is 0 Å². The van der Waals surface area contributed by atoms with Gasteiger partial charge >= 0.3 is 5.97 Å². The smallest absolute Gasteiger partial charge is 0.309 e. The molecule has 2 rings (SSSR count). The molecule has 0 saturated carbocycles. The van der Waals surface area contributed by atoms with Crippen LogP contribution >= 0.6 is 0 Å². The molecular formula is C12H18N2O2. The summed E-state index contributed by atoms with van der Waals surface area (Å²) in [5.74, 6) is -6.12. The molecule has 0 spiro atoms. The number of rotatable bonds is 3. The highest BCUT2D eigenvalue weighted by Crippen LogP contribution is 2.28. The fraction of sp³-hybridized carbons (Fsp3) is 0.667. The van der Waals surface area contributed by atoms with Crippen molar-refractivity contribution in [3.8, 4) is 0 Å². The molecule has 0 amide bonds. The summed E-state index contributed by atoms with van der Waals surface area (Å²) in [4.78, 5) is 16.0. The minimum atomic E-state index is -2.87. The number of carbonyl (C=O) groups is 1. The standard InChI is InChI=1S/C12H18N2O2/c1-4-11-9(7-16-12(11)15)5-10-6-13-8(2)14(10)3/h6,9,11H,4-5,7H2,1-3H3/t9-,11-/m0/s1/i1D3,6D,7D2,9D,11D. The van der Waals surface area contributed by atoms with E-state index in [2.05, 4.69) is 9.72 Å². The minimum Gasteiger partial charge on any atom is -0.465 e. The van der Waals surface area contributed by atoms with Crippen molar-refractivity contribution >= 4 is 5.97 Å². The molecule has 1 aliphatic rings. The molecule has 0 aromatic carbocycles. The minimum absolute atomic E-state index is 0.131. The maximum atomic E-state index is 12.1. The Labute approximate surface area is 107 Å². The number of imidazole rings is 1. The van der Waals surface area contributed by atoms with E-state index in [1.54, 1.807) is 14.0 Å². The fourth-order valence-corrected chi connectivity index (χ4v) is 1.49. The number of hydrogen-bond acceptors (Lipinski definition) is 3. The molecule has 2 atom stereocenters. The van der Waals surface area contributed by atoms with E-state index < -0.39 is 44.0 Å². The van der Waals surface area contributed by atoms with E-state index in [0.717, 1.165) is 0 Å². The first-order valence-corrected chi connectivity index (χ1v) is 4.87. The van der Waals surface area contributed by atoms with E-state index in [1.165, 1.54) is 4.57 Å². The normalized spacial score (nSPS) is 45.2. The van der Waals surface area contributed by atoms with Crippen molar-refractivity contribution in [1.82, 2.24) is 9.55 Å². The molecule has 1 aromatic heterocycles. The van der Waals surface area contributed by atoms with Crippen molar-refractivity contribution in [3.63, 3.8) is 0 Å². The predicted molar refractivity (Wildman–Crippen MR) is 59.9 cm³/mol. The number of ether oxygens (including phenoxy) is 1. The summed E-state index contributed by atoms with van der Waals surface area (Å²) in [5.41, 5.74) is 0.131. The topological polar surface area (TPSA) is 44.1 Å². The first kappa shape index (κ1) is 4.90. The number of hydrogen-bond donors (Lipinski definition) is 0. The molecule has 4 heteroatoms. The van der Waals surface area contributed by atoms with E-state index >= 15 is 0 Å². The van der Waals surface area contributed by atoms with Gasteiger partial charge in [-0.15, -0.1) is 0 Å². The molecule has 88 valence electrons. The Morgan fingerprint density at radius 3 is 3.38 bits per heavy atom. The Morgan fingerprint density at radius 1 is 1.94 bits per heavy atom. The van der Waals surface area contributed by atoms with Gasteiger partial charge in [-0.3, -0.25) is 4.79 Å². The Kier molecular flexibility index (Phi) is 1.31. The molecule has 0 unspecified atom stereocenters. The Hall–Kier alpha value is -1.32. The second-order valence-corrected chi connectivity index (χ2v) is 3.58. The summed E-state index contributed by atoms with van der Waals surface area (Å²) >= 11 is 0. The highest BCUT2D eigenvalue weighted by atomic mass is 16.5. The van der Waals surface area contributed by atoms with Crippen LogP contribution in [0.2, 0.25) is 0 Å². The van der Waals surface area contributed by atoms with E-state index in [4.69, 9.17) is 11.0 Å². The van der Waals surface area contributed by atoms with Crippen LogP contribution in [0.1, 0.15) is 35.8 Å². The molecule has 0 N–H and O–H groups in total. The quantitative estimate of drug-likeness (QED) is 0.739. The monoisotopic (exact) mass is 230 g/mol. The van der Waals surface area contributed by atoms with Gasteiger partial charge in [-0.25, -0.2) is 4.98 Å². The van der Waals surface area contributed by atoms with Gasteiger partial charge in [0.2, 0.25) is 0 Å². The summed E-state index contributed by atoms with van der Waals surface area (Å²) in [5, 5.41) is 0. The van der Waals surface area contributed by atoms with Crippen LogP contribution in [0.4, 0.5) is 0 Å². The maximum absolute atomic E-state index is 12.1. The third-order valence-electron chi connectivity index (χ3n) is 2.64. The highest BCUT2D eigenvalue weighted by molar-refractivity contribution is 5.74. The lowest BCUT2D eigenvalue weighted by Gasteiger charge is -2.13. The molecule has 0 radical (unpaired) electrons. The van der Waals surface area contributed by atoms with E-state index in [0.29, 0.717) is 5.82 Å². The van der Waals surface area contributed by atoms with Gasteiger partial charge in [0.05, 0.1) is 16.6 Å². The summed E-state index contributed by atoms with van der Waals surface area (Å²) in [6.45, 7) is -3.99. The summed E-state index contributed by atoms with van der Waals surface area (Å²) in [6, 6.07) is 0. The van der Waals surface area contributed by atoms with Crippen LogP contribution in [0.25, 0.3) is 0 Å². The number of aromatic nitrogens is 2. The zero-order valence-electron chi connectivity index (χ0n) is 17.1. The second-order valence-electron chi connectivity index (χ2n) is 3.58. The van der Waals surface area contributed by atoms with Crippen LogP contribution in [-0.4, -0.2) is 22.1 Å². The van der Waals surface area contributed by atoms with Crippen LogP contribution in [0.3, 0.4) is 0 Å². The number of aryl methyl sites for hydroxylation is 1. The van der Waals surface area contributed by atoms with Gasteiger partial charge in [-0.05, 0) is 19.8 Å². The molecule has 1 aromatic rings. The van der Waals surface area contributed by atoms with Crippen molar-refractivity contribution in [2.24, 2.45) is 18.8 Å². The van der Waals surface area contributed by atoms with Crippen molar-refractivity contribution in [2.75, 3.05) is 6.56 Å². The number of esters is 1. The zero-order valence-corrected chi connectivity index (χ0v) is 9.13. The second kappa shape index (κ2) is 4.28. The third-order valence-corrected chi connectivity index (χ3v) is 2.64. The first-order chi connectivity index (χ1) is 10.6. The predicted octanol–water partition coefficient (Wildman–Crippen LogP) is 1.47. The van der Waals surface area contributed by atoms with Crippen LogP contribution in [-0.2, 0) is 23.0 Å². The van der Waals surface area contributed by atoms with Crippen molar-refractivity contribution in [1.29, 1.82) is 0 Å². The Balaban J connectivity index is 2.57. The molecule has 0 bridgehead atoms. The van der Waals surface area contributed by atoms with Gasteiger partial charge < -0.3 is 9.30 Å². The molecule has 1 fully saturated rings. The molecule has 0 aliphatic carbocycles. The van der Waals surface area contributed by atoms with E-state index in [9.17, 15) is 4.79 Å². The number of carbonyl (C=O) groups excluding carboxylic acids is 1. The van der Waals surface area contributed by atoms with Gasteiger partial charge in [-0.1, -0.05) is 6.85 Å². The maximum Gasteiger partial charge on any atom is 0.309 e. The van der Waals surface area contributed by atoms with Crippen LogP contribution < -0.4 is 0 Å². The lowest BCUT2D eigenvalue weighted by Crippen LogP contribution is -2.18. The van der Waals surface area contributed by atoms with Gasteiger partial charge in [0.1, 0.15) is 5.82 Å². The lowest BCUT2D eigenvalue weighted by atomic mass is 9.89. The van der Waals surface area contributed by atoms with Crippen LogP contribution in [0, 0.1) is 18.7 Å². The average molecular weight is 230 g/mol. The van der Waals surface area contributed by atoms with Gasteiger partial charge in [0.15, 0.2) is 0 Å². The molecule has 1 saturated heterocycles. The van der Waals surface area contributed by atoms with Gasteiger partial charge in [-0.2, -0.15) is 0 Å². The van der Waals surface area contributed by atoms with E-state index in [1.807, 2.05) is 0 Å². The SMILES string of the molecule is [2H]c1nc(C)n(C)c1C[C@@]1([2H])C([2H])([2H])OC(=O)[C@@]1([2H])CC([2H])([2H])[2H]. The first-order valence-electron chi connectivity index (χ1n) is 8.87. The van der Waals surface area contributed by atoms with Gasteiger partial charge in [0.25, 0.3) is 0 Å². The van der Waals surface area contributed by atoms with Gasteiger partial charge in [0, 0.05) is 31.7 Å². The van der Waals surface area contributed by atoms with E-state index in [-0.39, 0.29) is 11.9 Å². The van der Waals surface area contributed by atoms with Crippen molar-refractivity contribution in [2.45, 2.75) is 26.6 Å². The third kappa shape index (κ3) is 1.84. The Morgan fingerprint density at radius 2 is 2.75 bits per heavy atom. The lowest BCUT2D eigenvalue weighted by molar-refractivity contribution is -0.141. The molecule has 1 aliphatic heterocycles. The molecular weight excluding hydrogens is 204 g/mol. The average Bonchev–Trinajstić information content (AvgIpc) is 2.67. The number of nitrogens with zero attached hydrogens (tertiary/aromatic N) is 2. The molecule has 4 nitrogen and oxygen atoms in total. The summed E-state index contributed by atoms with van der Waals surface area (Å²) in [7, 11) is 1.56. The van der Waals surface area contributed by atoms with Crippen LogP contribution in [0.15, 0.2) is 6.17 Å². The van der Waals surface area contributed by atoms with Crippen molar-refractivity contribution in [3.05, 3.63) is 17.7 Å². The highest BCUT2D eigenvalue weighted by Gasteiger charge is 2.35. The summed E-state index contributed by atoms with van der Waals surface area (Å²) < 4.78 is 68.4. The fourth-order valence-electron chi connectivity index (χ4n) is 1.49. The van der Waals surface area contributed by atoms with Crippen molar-refractivity contribution < 1.29 is 20.5 Å². The number of cyclic esters (lactones) is 1. The molecule has 2 heterocycles.